The molecule has 1 aliphatic carbocycles. The van der Waals surface area contributed by atoms with E-state index in [1.807, 2.05) is 25.1 Å². The molecule has 1 aliphatic heterocycles. The number of likely N-dealkylation sites (N-methyl/N-ethyl adjacent to an activating group) is 1. The first-order chi connectivity index (χ1) is 15.7. The van der Waals surface area contributed by atoms with Crippen LogP contribution >= 0.6 is 0 Å². The monoisotopic (exact) mass is 447 g/mol. The summed E-state index contributed by atoms with van der Waals surface area (Å²) >= 11 is 0. The molecular formula is C26H33N5O2. The molecule has 1 fully saturated rings. The number of likely N-dealkylation sites (tertiary alicyclic amines) is 1. The van der Waals surface area contributed by atoms with E-state index in [2.05, 4.69) is 35.1 Å². The van der Waals surface area contributed by atoms with Crippen LogP contribution in [0.4, 0.5) is 5.69 Å². The fraction of sp³-hybridized carbons (Fsp3) is 0.500. The standard InChI is InChI=1S/C26H33N5O2/c1-16-6-5-7-23(32)31(16)15-24(33)30(4)18-9-8-17-12-21(27-20(17)13-18)25-19-10-11-26(2,3)14-22(19)28-29-25/h8-9,12-13,16,27H,5-7,10-11,14-15H2,1-4H3,(H,28,29). The average molecular weight is 448 g/mol. The number of hydrogen-bond acceptors (Lipinski definition) is 3. The van der Waals surface area contributed by atoms with Crippen molar-refractivity contribution in [2.24, 2.45) is 5.41 Å². The number of fused-ring (bicyclic) bond motifs is 2. The van der Waals surface area contributed by atoms with Gasteiger partial charge < -0.3 is 14.8 Å². The summed E-state index contributed by atoms with van der Waals surface area (Å²) in [6.45, 7) is 6.76. The van der Waals surface area contributed by atoms with E-state index in [4.69, 9.17) is 0 Å². The lowest BCUT2D eigenvalue weighted by atomic mass is 9.76. The van der Waals surface area contributed by atoms with Gasteiger partial charge in [-0.3, -0.25) is 14.7 Å². The zero-order valence-corrected chi connectivity index (χ0v) is 20.0. The Labute approximate surface area is 194 Å². The summed E-state index contributed by atoms with van der Waals surface area (Å²) in [4.78, 5) is 32.1. The highest BCUT2D eigenvalue weighted by Crippen LogP contribution is 2.38. The minimum Gasteiger partial charge on any atom is -0.353 e. The number of benzene rings is 1. The maximum atomic E-state index is 13.0. The van der Waals surface area contributed by atoms with Gasteiger partial charge in [-0.25, -0.2) is 0 Å². The van der Waals surface area contributed by atoms with Crippen LogP contribution in [-0.4, -0.2) is 51.5 Å². The summed E-state index contributed by atoms with van der Waals surface area (Å²) in [6.07, 6.45) is 5.59. The molecule has 1 aromatic carbocycles. The number of aromatic nitrogens is 3. The SMILES string of the molecule is CC1CCCC(=O)N1CC(=O)N(C)c1ccc2cc(-c3n[nH]c4c3CCC(C)(C)C4)[nH]c2c1. The minimum atomic E-state index is -0.0767. The Morgan fingerprint density at radius 1 is 1.27 bits per heavy atom. The molecule has 7 nitrogen and oxygen atoms in total. The molecule has 3 heterocycles. The molecule has 0 radical (unpaired) electrons. The molecule has 0 spiro atoms. The van der Waals surface area contributed by atoms with Crippen LogP contribution in [0, 0.1) is 5.41 Å². The van der Waals surface area contributed by atoms with Gasteiger partial charge in [0.2, 0.25) is 11.8 Å². The van der Waals surface area contributed by atoms with Gasteiger partial charge in [0, 0.05) is 47.4 Å². The van der Waals surface area contributed by atoms with Crippen molar-refractivity contribution >= 4 is 28.4 Å². The van der Waals surface area contributed by atoms with Gasteiger partial charge in [-0.2, -0.15) is 5.10 Å². The predicted octanol–water partition coefficient (Wildman–Crippen LogP) is 4.44. The fourth-order valence-electron chi connectivity index (χ4n) is 5.25. The van der Waals surface area contributed by atoms with Crippen LogP contribution in [0.3, 0.4) is 0 Å². The molecule has 0 saturated carbocycles. The first-order valence-corrected chi connectivity index (χ1v) is 12.0. The Bertz CT molecular complexity index is 1220. The Balaban J connectivity index is 1.37. The van der Waals surface area contributed by atoms with Crippen molar-refractivity contribution in [2.75, 3.05) is 18.5 Å². The molecular weight excluding hydrogens is 414 g/mol. The van der Waals surface area contributed by atoms with Crippen LogP contribution in [0.2, 0.25) is 0 Å². The Morgan fingerprint density at radius 2 is 2.09 bits per heavy atom. The number of H-pyrrole nitrogens is 2. The van der Waals surface area contributed by atoms with Crippen LogP contribution in [0.5, 0.6) is 0 Å². The first kappa shape index (κ1) is 21.7. The quantitative estimate of drug-likeness (QED) is 0.620. The van der Waals surface area contributed by atoms with E-state index < -0.39 is 0 Å². The molecule has 2 aliphatic rings. The molecule has 2 aromatic heterocycles. The zero-order valence-electron chi connectivity index (χ0n) is 20.0. The van der Waals surface area contributed by atoms with Gasteiger partial charge in [0.25, 0.3) is 0 Å². The van der Waals surface area contributed by atoms with Crippen molar-refractivity contribution in [3.8, 4) is 11.4 Å². The molecule has 33 heavy (non-hydrogen) atoms. The van der Waals surface area contributed by atoms with Gasteiger partial charge in [-0.05, 0) is 62.6 Å². The lowest BCUT2D eigenvalue weighted by molar-refractivity contribution is -0.139. The minimum absolute atomic E-state index is 0.0747. The fourth-order valence-corrected chi connectivity index (χ4v) is 5.25. The van der Waals surface area contributed by atoms with Gasteiger partial charge in [0.1, 0.15) is 12.2 Å². The van der Waals surface area contributed by atoms with E-state index in [0.29, 0.717) is 11.8 Å². The third-order valence-electron chi connectivity index (χ3n) is 7.45. The molecule has 174 valence electrons. The number of hydrogen-bond donors (Lipinski definition) is 2. The predicted molar refractivity (Wildman–Crippen MR) is 130 cm³/mol. The highest BCUT2D eigenvalue weighted by Gasteiger charge is 2.30. The molecule has 0 bridgehead atoms. The Morgan fingerprint density at radius 3 is 2.88 bits per heavy atom. The summed E-state index contributed by atoms with van der Waals surface area (Å²) in [5.74, 6) is -0.00195. The second kappa shape index (κ2) is 8.04. The van der Waals surface area contributed by atoms with E-state index in [1.165, 1.54) is 11.3 Å². The number of amides is 2. The van der Waals surface area contributed by atoms with Crippen LogP contribution in [0.1, 0.15) is 57.7 Å². The number of nitrogens with zero attached hydrogens (tertiary/aromatic N) is 3. The van der Waals surface area contributed by atoms with Gasteiger partial charge in [-0.1, -0.05) is 19.9 Å². The zero-order chi connectivity index (χ0) is 23.3. The summed E-state index contributed by atoms with van der Waals surface area (Å²) < 4.78 is 0. The number of rotatable bonds is 4. The molecule has 3 aromatic rings. The summed E-state index contributed by atoms with van der Waals surface area (Å²) in [5.41, 5.74) is 6.64. The topological polar surface area (TPSA) is 85.1 Å². The number of nitrogens with one attached hydrogen (secondary N) is 2. The van der Waals surface area contributed by atoms with Crippen molar-refractivity contribution < 1.29 is 9.59 Å². The van der Waals surface area contributed by atoms with Gasteiger partial charge in [0.15, 0.2) is 0 Å². The molecule has 5 rings (SSSR count). The highest BCUT2D eigenvalue weighted by molar-refractivity contribution is 5.98. The van der Waals surface area contributed by atoms with Crippen LogP contribution in [0.25, 0.3) is 22.3 Å². The van der Waals surface area contributed by atoms with E-state index >= 15 is 0 Å². The number of carbonyl (C=O) groups is 2. The van der Waals surface area contributed by atoms with E-state index in [0.717, 1.165) is 60.1 Å². The number of piperidine rings is 1. The smallest absolute Gasteiger partial charge is 0.246 e. The van der Waals surface area contributed by atoms with E-state index in [-0.39, 0.29) is 24.4 Å². The maximum Gasteiger partial charge on any atom is 0.246 e. The summed E-state index contributed by atoms with van der Waals surface area (Å²) in [6, 6.07) is 8.24. The van der Waals surface area contributed by atoms with Crippen molar-refractivity contribution in [3.05, 3.63) is 35.5 Å². The van der Waals surface area contributed by atoms with Gasteiger partial charge in [-0.15, -0.1) is 0 Å². The number of carbonyl (C=O) groups excluding carboxylic acids is 2. The van der Waals surface area contributed by atoms with Crippen molar-refractivity contribution in [1.82, 2.24) is 20.1 Å². The third-order valence-corrected chi connectivity index (χ3v) is 7.45. The average Bonchev–Trinajstić information content (AvgIpc) is 3.37. The molecule has 2 amide bonds. The largest absolute Gasteiger partial charge is 0.353 e. The van der Waals surface area contributed by atoms with Gasteiger partial charge >= 0.3 is 0 Å². The lowest BCUT2D eigenvalue weighted by Gasteiger charge is -2.34. The van der Waals surface area contributed by atoms with Crippen LogP contribution in [-0.2, 0) is 22.4 Å². The summed E-state index contributed by atoms with van der Waals surface area (Å²) in [5, 5.41) is 8.98. The Hall–Kier alpha value is -3.09. The second-order valence-electron chi connectivity index (χ2n) is 10.5. The van der Waals surface area contributed by atoms with Crippen molar-refractivity contribution in [2.45, 2.75) is 65.3 Å². The molecule has 1 atom stereocenters. The summed E-state index contributed by atoms with van der Waals surface area (Å²) in [7, 11) is 1.78. The second-order valence-corrected chi connectivity index (χ2v) is 10.5. The van der Waals surface area contributed by atoms with E-state index in [1.54, 1.807) is 16.8 Å². The Kier molecular flexibility index (Phi) is 5.30. The van der Waals surface area contributed by atoms with Gasteiger partial charge in [0.05, 0.1) is 5.69 Å². The number of anilines is 1. The highest BCUT2D eigenvalue weighted by atomic mass is 16.2. The van der Waals surface area contributed by atoms with E-state index in [9.17, 15) is 9.59 Å². The van der Waals surface area contributed by atoms with Crippen LogP contribution in [0.15, 0.2) is 24.3 Å². The lowest BCUT2D eigenvalue weighted by Crippen LogP contribution is -2.47. The maximum absolute atomic E-state index is 13.0. The molecule has 2 N–H and O–H groups in total. The molecule has 1 saturated heterocycles. The molecule has 7 heteroatoms. The van der Waals surface area contributed by atoms with Crippen molar-refractivity contribution in [3.63, 3.8) is 0 Å². The number of aromatic amines is 2. The normalized spacial score (nSPS) is 20.2. The molecule has 1 unspecified atom stereocenters. The van der Waals surface area contributed by atoms with Crippen LogP contribution < -0.4 is 4.90 Å². The third kappa shape index (κ3) is 4.05. The van der Waals surface area contributed by atoms with Crippen molar-refractivity contribution in [1.29, 1.82) is 0 Å². The first-order valence-electron chi connectivity index (χ1n) is 12.0.